The number of fused-ring (bicyclic) bond motifs is 1. The number of hydrogen-bond donors (Lipinski definition) is 1. The Labute approximate surface area is 295 Å². The fraction of sp³-hybridized carbons (Fsp3) is 0.436. The second-order valence-electron chi connectivity index (χ2n) is 13.0. The van der Waals surface area contributed by atoms with Crippen LogP contribution in [0.2, 0.25) is 0 Å². The summed E-state index contributed by atoms with van der Waals surface area (Å²) in [5.74, 6) is -0.453. The number of carbonyl (C=O) groups excluding carboxylic acids is 4. The number of benzene rings is 3. The molecule has 0 bridgehead atoms. The first-order valence-electron chi connectivity index (χ1n) is 17.2. The zero-order valence-corrected chi connectivity index (χ0v) is 29.4. The van der Waals surface area contributed by atoms with E-state index in [0.717, 1.165) is 29.5 Å². The lowest BCUT2D eigenvalue weighted by molar-refractivity contribution is -0.158. The molecule has 10 heteroatoms. The molecule has 3 atom stereocenters. The number of ether oxygens (including phenoxy) is 2. The molecule has 0 aromatic heterocycles. The molecule has 1 aliphatic carbocycles. The summed E-state index contributed by atoms with van der Waals surface area (Å²) in [5, 5.41) is 3.12. The molecular weight excluding hydrogens is 639 g/mol. The highest BCUT2D eigenvalue weighted by Gasteiger charge is 2.52. The number of nitrogens with zero attached hydrogens (tertiary/aromatic N) is 2. The predicted octanol–water partition coefficient (Wildman–Crippen LogP) is 5.34. The van der Waals surface area contributed by atoms with Crippen molar-refractivity contribution in [3.63, 3.8) is 0 Å². The molecule has 2 aliphatic heterocycles. The van der Waals surface area contributed by atoms with Gasteiger partial charge in [-0.25, -0.2) is 4.79 Å². The number of hydrogen-bond acceptors (Lipinski definition) is 6. The highest BCUT2D eigenvalue weighted by atomic mass is 32.1. The van der Waals surface area contributed by atoms with Crippen LogP contribution in [0.3, 0.4) is 0 Å². The van der Waals surface area contributed by atoms with Crippen molar-refractivity contribution < 1.29 is 28.7 Å². The monoisotopic (exact) mass is 685 g/mol. The number of carbonyl (C=O) groups is 4. The minimum Gasteiger partial charge on any atom is -0.496 e. The van der Waals surface area contributed by atoms with Gasteiger partial charge in [-0.3, -0.25) is 14.4 Å². The molecule has 1 N–H and O–H groups in total. The second-order valence-corrected chi connectivity index (χ2v) is 13.0. The minimum absolute atomic E-state index is 0. The van der Waals surface area contributed by atoms with Crippen molar-refractivity contribution in [2.75, 3.05) is 33.4 Å². The summed E-state index contributed by atoms with van der Waals surface area (Å²) in [6.45, 7) is 3.61. The normalized spacial score (nSPS) is 22.2. The van der Waals surface area contributed by atoms with Crippen molar-refractivity contribution in [2.24, 2.45) is 0 Å². The largest absolute Gasteiger partial charge is 0.496 e. The highest BCUT2D eigenvalue weighted by Crippen LogP contribution is 2.49. The van der Waals surface area contributed by atoms with Crippen LogP contribution in [0.5, 0.6) is 5.75 Å². The van der Waals surface area contributed by atoms with Crippen LogP contribution >= 0.6 is 13.5 Å². The minimum atomic E-state index is -1.04. The van der Waals surface area contributed by atoms with E-state index in [1.165, 1.54) is 0 Å². The Kier molecular flexibility index (Phi) is 11.7. The lowest BCUT2D eigenvalue weighted by atomic mass is 9.62. The predicted molar refractivity (Wildman–Crippen MR) is 192 cm³/mol. The Balaban J connectivity index is 0.00000468. The zero-order valence-electron chi connectivity index (χ0n) is 28.4. The Hall–Kier alpha value is -4.31. The molecule has 9 nitrogen and oxygen atoms in total. The van der Waals surface area contributed by atoms with Gasteiger partial charge in [-0.05, 0) is 80.7 Å². The van der Waals surface area contributed by atoms with Gasteiger partial charge in [0, 0.05) is 25.7 Å². The summed E-state index contributed by atoms with van der Waals surface area (Å²) >= 11 is 0. The third kappa shape index (κ3) is 7.06. The number of nitrogens with one attached hydrogen (secondary N) is 1. The van der Waals surface area contributed by atoms with E-state index in [4.69, 9.17) is 9.47 Å². The quantitative estimate of drug-likeness (QED) is 0.322. The topological polar surface area (TPSA) is 105 Å². The summed E-state index contributed by atoms with van der Waals surface area (Å²) in [6, 6.07) is 24.1. The fourth-order valence-electron chi connectivity index (χ4n) is 7.93. The Morgan fingerprint density at radius 3 is 2.27 bits per heavy atom. The third-order valence-electron chi connectivity index (χ3n) is 10.3. The van der Waals surface area contributed by atoms with Crippen molar-refractivity contribution in [1.29, 1.82) is 0 Å². The number of amides is 3. The Morgan fingerprint density at radius 1 is 0.837 bits per heavy atom. The van der Waals surface area contributed by atoms with Crippen LogP contribution in [0.4, 0.5) is 0 Å². The lowest BCUT2D eigenvalue weighted by Gasteiger charge is -2.46. The maximum atomic E-state index is 15.0. The maximum absolute atomic E-state index is 15.0. The molecule has 2 saturated heterocycles. The van der Waals surface area contributed by atoms with Gasteiger partial charge in [0.15, 0.2) is 0 Å². The molecule has 0 spiro atoms. The summed E-state index contributed by atoms with van der Waals surface area (Å²) in [4.78, 5) is 59.0. The molecule has 260 valence electrons. The van der Waals surface area contributed by atoms with Crippen molar-refractivity contribution >= 4 is 37.2 Å². The second kappa shape index (κ2) is 15.9. The van der Waals surface area contributed by atoms with Crippen LogP contribution < -0.4 is 10.1 Å². The smallest absolute Gasteiger partial charge is 0.328 e. The highest BCUT2D eigenvalue weighted by molar-refractivity contribution is 7.59. The number of para-hydroxylation sites is 1. The molecule has 2 heterocycles. The first kappa shape index (κ1) is 36.0. The first-order valence-corrected chi connectivity index (χ1v) is 17.2. The van der Waals surface area contributed by atoms with E-state index >= 15 is 0 Å². The molecule has 3 aromatic carbocycles. The van der Waals surface area contributed by atoms with Gasteiger partial charge in [0.25, 0.3) is 5.91 Å². The van der Waals surface area contributed by atoms with Gasteiger partial charge in [0.2, 0.25) is 11.8 Å². The number of rotatable bonds is 8. The standard InChI is InChI=1S/C39H45N3O6.H2S/c1-3-48-37(45)33-18-11-12-24-42(33)38(46)39(27-13-5-4-6-14-27)23-20-30(29-15-7-9-17-32(29)39)36(44)41-25-21-28(22-26-41)40-35(43)31-16-8-10-19-34(31)47-2;/h4-10,13-17,19,28,30,33H,3,11-12,18,20-26H2,1-2H3,(H,40,43);1H2/t30-,33?,39+;/m0./s1. The number of methoxy groups -OCH3 is 1. The van der Waals surface area contributed by atoms with Gasteiger partial charge in [0.05, 0.1) is 30.6 Å². The van der Waals surface area contributed by atoms with Crippen molar-refractivity contribution in [3.05, 3.63) is 101 Å². The maximum Gasteiger partial charge on any atom is 0.328 e. The van der Waals surface area contributed by atoms with Gasteiger partial charge >= 0.3 is 5.97 Å². The third-order valence-corrected chi connectivity index (χ3v) is 10.3. The summed E-state index contributed by atoms with van der Waals surface area (Å²) in [5.41, 5.74) is 2.02. The van der Waals surface area contributed by atoms with E-state index in [-0.39, 0.29) is 49.8 Å². The molecular formula is C39H47N3O6S. The van der Waals surface area contributed by atoms with Crippen LogP contribution in [0.1, 0.15) is 84.8 Å². The molecule has 6 rings (SSSR count). The van der Waals surface area contributed by atoms with Crippen LogP contribution in [0, 0.1) is 0 Å². The van der Waals surface area contributed by atoms with Crippen LogP contribution in [-0.2, 0) is 24.5 Å². The van der Waals surface area contributed by atoms with Gasteiger partial charge in [0.1, 0.15) is 11.8 Å². The van der Waals surface area contributed by atoms with Crippen molar-refractivity contribution in [1.82, 2.24) is 15.1 Å². The number of piperidine rings is 2. The average Bonchev–Trinajstić information content (AvgIpc) is 3.14. The Morgan fingerprint density at radius 2 is 1.53 bits per heavy atom. The molecule has 0 saturated carbocycles. The SMILES string of the molecule is CCOC(=O)C1CCCCN1C(=O)[C@@]1(c2ccccc2)CC[C@H](C(=O)N2CCC(NC(=O)c3ccccc3OC)CC2)c2ccccc21.S. The van der Waals surface area contributed by atoms with Gasteiger partial charge in [-0.1, -0.05) is 66.7 Å². The summed E-state index contributed by atoms with van der Waals surface area (Å²) in [7, 11) is 1.55. The van der Waals surface area contributed by atoms with E-state index in [0.29, 0.717) is 63.1 Å². The summed E-state index contributed by atoms with van der Waals surface area (Å²) in [6.07, 6.45) is 4.51. The number of esters is 1. The molecule has 3 aromatic rings. The molecule has 49 heavy (non-hydrogen) atoms. The van der Waals surface area contributed by atoms with Crippen LogP contribution in [0.15, 0.2) is 78.9 Å². The fourth-order valence-corrected chi connectivity index (χ4v) is 7.93. The first-order chi connectivity index (χ1) is 23.4. The molecule has 3 amide bonds. The van der Waals surface area contributed by atoms with E-state index in [1.807, 2.05) is 71.6 Å². The van der Waals surface area contributed by atoms with E-state index in [9.17, 15) is 19.2 Å². The molecule has 3 aliphatic rings. The van der Waals surface area contributed by atoms with Crippen molar-refractivity contribution in [3.8, 4) is 5.75 Å². The zero-order chi connectivity index (χ0) is 33.7. The van der Waals surface area contributed by atoms with Gasteiger partial charge in [-0.15, -0.1) is 0 Å². The van der Waals surface area contributed by atoms with E-state index in [2.05, 4.69) is 5.32 Å². The molecule has 1 unspecified atom stereocenters. The summed E-state index contributed by atoms with van der Waals surface area (Å²) < 4.78 is 10.8. The van der Waals surface area contributed by atoms with E-state index < -0.39 is 17.4 Å². The number of likely N-dealkylation sites (tertiary alicyclic amines) is 2. The van der Waals surface area contributed by atoms with Gasteiger partial charge < -0.3 is 24.6 Å². The molecule has 0 radical (unpaired) electrons. The van der Waals surface area contributed by atoms with Crippen LogP contribution in [0.25, 0.3) is 0 Å². The Bertz CT molecular complexity index is 1640. The average molecular weight is 686 g/mol. The van der Waals surface area contributed by atoms with Crippen molar-refractivity contribution in [2.45, 2.75) is 75.3 Å². The molecule has 2 fully saturated rings. The van der Waals surface area contributed by atoms with E-state index in [1.54, 1.807) is 31.1 Å². The lowest BCUT2D eigenvalue weighted by Crippen LogP contribution is -2.57. The van der Waals surface area contributed by atoms with Crippen LogP contribution in [-0.4, -0.2) is 78.9 Å². The van der Waals surface area contributed by atoms with Gasteiger partial charge in [-0.2, -0.15) is 13.5 Å².